The van der Waals surface area contributed by atoms with Gasteiger partial charge in [-0.05, 0) is 12.1 Å². The van der Waals surface area contributed by atoms with E-state index in [1.165, 1.54) is 11.8 Å². The molecule has 1 amide bonds. The van der Waals surface area contributed by atoms with Gasteiger partial charge in [-0.15, -0.1) is 11.8 Å². The van der Waals surface area contributed by atoms with E-state index >= 15 is 0 Å². The van der Waals surface area contributed by atoms with Crippen molar-refractivity contribution in [3.8, 4) is 6.07 Å². The van der Waals surface area contributed by atoms with Crippen LogP contribution >= 0.6 is 35.7 Å². The van der Waals surface area contributed by atoms with Crippen LogP contribution in [0.3, 0.4) is 0 Å². The Kier molecular flexibility index (Phi) is 4.64. The number of rotatable bonds is 4. The molecule has 1 aliphatic rings. The molecule has 6 heteroatoms. The number of thioether (sulfide) groups is 2. The molecule has 0 atom stereocenters. The molecule has 18 heavy (non-hydrogen) atoms. The van der Waals surface area contributed by atoms with E-state index in [9.17, 15) is 4.79 Å². The summed E-state index contributed by atoms with van der Waals surface area (Å²) in [5, 5.41) is 8.56. The minimum Gasteiger partial charge on any atom is -0.273 e. The van der Waals surface area contributed by atoms with Crippen molar-refractivity contribution in [2.24, 2.45) is 0 Å². The van der Waals surface area contributed by atoms with Gasteiger partial charge in [0.25, 0.3) is 0 Å². The number of nitrogens with zero attached hydrogens (tertiary/aromatic N) is 2. The van der Waals surface area contributed by atoms with Gasteiger partial charge in [0.15, 0.2) is 0 Å². The van der Waals surface area contributed by atoms with Gasteiger partial charge in [0.05, 0.1) is 17.5 Å². The highest BCUT2D eigenvalue weighted by Gasteiger charge is 2.29. The molecule has 0 bridgehead atoms. The first-order chi connectivity index (χ1) is 8.74. The molecule has 1 aliphatic heterocycles. The SMILES string of the molecule is N#CCCSc1ccccc1N1C(=O)CSC1=S. The van der Waals surface area contributed by atoms with Gasteiger partial charge in [-0.2, -0.15) is 5.26 Å². The highest BCUT2D eigenvalue weighted by molar-refractivity contribution is 8.24. The zero-order chi connectivity index (χ0) is 13.0. The molecule has 0 aliphatic carbocycles. The van der Waals surface area contributed by atoms with Crippen LogP contribution in [0.2, 0.25) is 0 Å². The molecule has 0 saturated carbocycles. The summed E-state index contributed by atoms with van der Waals surface area (Å²) in [4.78, 5) is 14.4. The van der Waals surface area contributed by atoms with Gasteiger partial charge in [0, 0.05) is 17.1 Å². The Morgan fingerprint density at radius 1 is 1.50 bits per heavy atom. The number of nitriles is 1. The van der Waals surface area contributed by atoms with Crippen LogP contribution in [0.5, 0.6) is 0 Å². The summed E-state index contributed by atoms with van der Waals surface area (Å²) in [5.74, 6) is 1.16. The molecule has 0 unspecified atom stereocenters. The predicted molar refractivity (Wildman–Crippen MR) is 79.9 cm³/mol. The Morgan fingerprint density at radius 3 is 2.94 bits per heavy atom. The van der Waals surface area contributed by atoms with Crippen LogP contribution in [0.4, 0.5) is 5.69 Å². The number of amides is 1. The monoisotopic (exact) mass is 294 g/mol. The van der Waals surface area contributed by atoms with Crippen LogP contribution in [0.15, 0.2) is 29.2 Å². The van der Waals surface area contributed by atoms with Gasteiger partial charge < -0.3 is 0 Å². The zero-order valence-electron chi connectivity index (χ0n) is 9.46. The molecule has 0 spiro atoms. The molecule has 2 rings (SSSR count). The Balaban J connectivity index is 2.24. The Labute approximate surface area is 120 Å². The van der Waals surface area contributed by atoms with E-state index in [4.69, 9.17) is 17.5 Å². The summed E-state index contributed by atoms with van der Waals surface area (Å²) in [5.41, 5.74) is 0.834. The number of thiocarbonyl (C=S) groups is 1. The summed E-state index contributed by atoms with van der Waals surface area (Å²) in [6.07, 6.45) is 0.492. The van der Waals surface area contributed by atoms with Gasteiger partial charge >= 0.3 is 0 Å². The molecular formula is C12H10N2OS3. The van der Waals surface area contributed by atoms with Gasteiger partial charge in [-0.3, -0.25) is 9.69 Å². The fourth-order valence-corrected chi connectivity index (χ4v) is 3.54. The van der Waals surface area contributed by atoms with Crippen LogP contribution in [-0.2, 0) is 4.79 Å². The average molecular weight is 294 g/mol. The maximum absolute atomic E-state index is 11.8. The summed E-state index contributed by atoms with van der Waals surface area (Å²) in [6.45, 7) is 0. The van der Waals surface area contributed by atoms with E-state index in [1.807, 2.05) is 24.3 Å². The molecule has 1 saturated heterocycles. The maximum atomic E-state index is 11.8. The van der Waals surface area contributed by atoms with E-state index in [-0.39, 0.29) is 5.91 Å². The number of benzene rings is 1. The summed E-state index contributed by atoms with van der Waals surface area (Å²) in [7, 11) is 0. The lowest BCUT2D eigenvalue weighted by molar-refractivity contribution is -0.115. The van der Waals surface area contributed by atoms with Gasteiger partial charge in [0.2, 0.25) is 5.91 Å². The largest absolute Gasteiger partial charge is 0.273 e. The highest BCUT2D eigenvalue weighted by atomic mass is 32.2. The zero-order valence-corrected chi connectivity index (χ0v) is 11.9. The van der Waals surface area contributed by atoms with E-state index in [0.29, 0.717) is 16.5 Å². The van der Waals surface area contributed by atoms with Crippen LogP contribution < -0.4 is 4.90 Å². The van der Waals surface area contributed by atoms with Crippen molar-refractivity contribution >= 4 is 51.7 Å². The topological polar surface area (TPSA) is 44.1 Å². The lowest BCUT2D eigenvalue weighted by atomic mass is 10.3. The maximum Gasteiger partial charge on any atom is 0.243 e. The average Bonchev–Trinajstić information content (AvgIpc) is 2.70. The van der Waals surface area contributed by atoms with Crippen molar-refractivity contribution in [1.82, 2.24) is 0 Å². The van der Waals surface area contributed by atoms with Crippen LogP contribution in [-0.4, -0.2) is 21.7 Å². The molecule has 0 N–H and O–H groups in total. The number of carbonyl (C=O) groups excluding carboxylic acids is 1. The Bertz CT molecular complexity index is 508. The molecule has 1 aromatic carbocycles. The second-order valence-electron chi connectivity index (χ2n) is 3.51. The molecule has 1 fully saturated rings. The first kappa shape index (κ1) is 13.4. The van der Waals surface area contributed by atoms with Crippen molar-refractivity contribution in [3.63, 3.8) is 0 Å². The first-order valence-electron chi connectivity index (χ1n) is 5.32. The lowest BCUT2D eigenvalue weighted by Crippen LogP contribution is -2.28. The van der Waals surface area contributed by atoms with Crippen molar-refractivity contribution in [2.75, 3.05) is 16.4 Å². The third-order valence-electron chi connectivity index (χ3n) is 2.33. The minimum absolute atomic E-state index is 0.0262. The van der Waals surface area contributed by atoms with Crippen molar-refractivity contribution in [2.45, 2.75) is 11.3 Å². The van der Waals surface area contributed by atoms with E-state index in [2.05, 4.69) is 6.07 Å². The normalized spacial score (nSPS) is 14.9. The Hall–Kier alpha value is -1.03. The number of carbonyl (C=O) groups is 1. The lowest BCUT2D eigenvalue weighted by Gasteiger charge is -2.18. The molecule has 92 valence electrons. The molecule has 1 aromatic rings. The standard InChI is InChI=1S/C12H10N2OS3/c13-6-3-7-17-10-5-2-1-4-9(10)14-11(15)8-18-12(14)16/h1-2,4-5H,3,7-8H2. The summed E-state index contributed by atoms with van der Waals surface area (Å²) >= 11 is 8.17. The van der Waals surface area contributed by atoms with Crippen molar-refractivity contribution in [3.05, 3.63) is 24.3 Å². The van der Waals surface area contributed by atoms with Gasteiger partial charge in [-0.1, -0.05) is 36.1 Å². The number of para-hydroxylation sites is 1. The highest BCUT2D eigenvalue weighted by Crippen LogP contribution is 2.35. The number of hydrogen-bond acceptors (Lipinski definition) is 5. The van der Waals surface area contributed by atoms with E-state index in [1.54, 1.807) is 16.7 Å². The summed E-state index contributed by atoms with van der Waals surface area (Å²) < 4.78 is 0.605. The minimum atomic E-state index is 0.0262. The van der Waals surface area contributed by atoms with Crippen molar-refractivity contribution < 1.29 is 4.79 Å². The van der Waals surface area contributed by atoms with Crippen LogP contribution in [0.25, 0.3) is 0 Å². The fourth-order valence-electron chi connectivity index (χ4n) is 1.56. The van der Waals surface area contributed by atoms with Gasteiger partial charge in [-0.25, -0.2) is 0 Å². The molecule has 0 aromatic heterocycles. The number of hydrogen-bond donors (Lipinski definition) is 0. The third kappa shape index (κ3) is 2.86. The second-order valence-corrected chi connectivity index (χ2v) is 6.25. The quantitative estimate of drug-likeness (QED) is 0.485. The first-order valence-corrected chi connectivity index (χ1v) is 7.70. The number of anilines is 1. The smallest absolute Gasteiger partial charge is 0.243 e. The molecular weight excluding hydrogens is 284 g/mol. The van der Waals surface area contributed by atoms with Crippen LogP contribution in [0, 0.1) is 11.3 Å². The molecule has 1 heterocycles. The van der Waals surface area contributed by atoms with E-state index in [0.717, 1.165) is 16.3 Å². The van der Waals surface area contributed by atoms with Crippen molar-refractivity contribution in [1.29, 1.82) is 5.26 Å². The van der Waals surface area contributed by atoms with E-state index < -0.39 is 0 Å². The summed E-state index contributed by atoms with van der Waals surface area (Å²) in [6, 6.07) is 9.78. The molecule has 3 nitrogen and oxygen atoms in total. The Morgan fingerprint density at radius 2 is 2.28 bits per heavy atom. The second kappa shape index (κ2) is 6.23. The van der Waals surface area contributed by atoms with Gasteiger partial charge in [0.1, 0.15) is 4.32 Å². The van der Waals surface area contributed by atoms with Crippen LogP contribution in [0.1, 0.15) is 6.42 Å². The third-order valence-corrected chi connectivity index (χ3v) is 4.75. The predicted octanol–water partition coefficient (Wildman–Crippen LogP) is 3.06. The molecule has 0 radical (unpaired) electrons. The fraction of sp³-hybridized carbons (Fsp3) is 0.250.